The predicted octanol–water partition coefficient (Wildman–Crippen LogP) is 3.22. The minimum atomic E-state index is -3.75. The summed E-state index contributed by atoms with van der Waals surface area (Å²) in [6.45, 7) is 3.45. The van der Waals surface area contributed by atoms with Crippen molar-refractivity contribution >= 4 is 39.1 Å². The molecule has 1 atom stereocenters. The van der Waals surface area contributed by atoms with Gasteiger partial charge in [0.05, 0.1) is 11.9 Å². The first-order valence-electron chi connectivity index (χ1n) is 10.4. The van der Waals surface area contributed by atoms with E-state index in [0.717, 1.165) is 22.5 Å². The molecule has 0 aliphatic heterocycles. The smallest absolute Gasteiger partial charge is 0.244 e. The van der Waals surface area contributed by atoms with E-state index in [-0.39, 0.29) is 12.5 Å². The molecule has 0 radical (unpaired) electrons. The van der Waals surface area contributed by atoms with Gasteiger partial charge in [0.25, 0.3) is 0 Å². The van der Waals surface area contributed by atoms with Crippen molar-refractivity contribution in [1.29, 1.82) is 0 Å². The van der Waals surface area contributed by atoms with Crippen LogP contribution in [0.15, 0.2) is 48.5 Å². The molecule has 2 amide bonds. The third-order valence-corrected chi connectivity index (χ3v) is 6.75. The Labute approximate surface area is 195 Å². The van der Waals surface area contributed by atoms with Crippen LogP contribution in [0, 0.1) is 0 Å². The van der Waals surface area contributed by atoms with Crippen molar-refractivity contribution in [2.45, 2.75) is 39.3 Å². The normalized spacial score (nSPS) is 12.2. The number of likely N-dealkylation sites (N-methyl/N-ethyl adjacent to an activating group) is 1. The van der Waals surface area contributed by atoms with Crippen molar-refractivity contribution in [1.82, 2.24) is 10.2 Å². The number of anilines is 1. The lowest BCUT2D eigenvalue weighted by Crippen LogP contribution is -2.51. The van der Waals surface area contributed by atoms with Gasteiger partial charge >= 0.3 is 0 Å². The molecule has 2 rings (SSSR count). The number of hydrogen-bond donors (Lipinski definition) is 1. The zero-order valence-electron chi connectivity index (χ0n) is 18.8. The highest BCUT2D eigenvalue weighted by Gasteiger charge is 2.31. The average molecular weight is 480 g/mol. The Balaban J connectivity index is 2.42. The molecule has 1 N–H and O–H groups in total. The highest BCUT2D eigenvalue weighted by atomic mass is 35.5. The summed E-state index contributed by atoms with van der Waals surface area (Å²) in [5.41, 5.74) is 2.12. The van der Waals surface area contributed by atoms with Crippen molar-refractivity contribution in [3.05, 3.63) is 64.7 Å². The minimum Gasteiger partial charge on any atom is -0.357 e. The topological polar surface area (TPSA) is 86.8 Å². The molecule has 0 spiro atoms. The van der Waals surface area contributed by atoms with Gasteiger partial charge in [0, 0.05) is 18.6 Å². The lowest BCUT2D eigenvalue weighted by molar-refractivity contribution is -0.140. The summed E-state index contributed by atoms with van der Waals surface area (Å²) in [6.07, 6.45) is 2.23. The maximum atomic E-state index is 13.4. The van der Waals surface area contributed by atoms with Crippen LogP contribution in [-0.4, -0.2) is 51.0 Å². The number of sulfonamides is 1. The largest absolute Gasteiger partial charge is 0.357 e. The quantitative estimate of drug-likeness (QED) is 0.566. The number of halogens is 1. The number of carbonyl (C=O) groups excluding carboxylic acids is 2. The fraction of sp³-hybridized carbons (Fsp3) is 0.391. The van der Waals surface area contributed by atoms with Gasteiger partial charge in [-0.05, 0) is 42.2 Å². The number of nitrogens with one attached hydrogen (secondary N) is 1. The molecule has 2 aromatic carbocycles. The molecule has 0 saturated carbocycles. The van der Waals surface area contributed by atoms with Crippen LogP contribution < -0.4 is 9.62 Å². The van der Waals surface area contributed by atoms with Crippen LogP contribution in [0.1, 0.15) is 31.4 Å². The van der Waals surface area contributed by atoms with Crippen molar-refractivity contribution < 1.29 is 18.0 Å². The van der Waals surface area contributed by atoms with Gasteiger partial charge < -0.3 is 10.2 Å². The summed E-state index contributed by atoms with van der Waals surface area (Å²) in [5, 5.41) is 3.05. The highest BCUT2D eigenvalue weighted by molar-refractivity contribution is 7.92. The summed E-state index contributed by atoms with van der Waals surface area (Å²) in [5.74, 6) is -0.823. The molecule has 0 aromatic heterocycles. The molecule has 7 nitrogen and oxygen atoms in total. The predicted molar refractivity (Wildman–Crippen MR) is 128 cm³/mol. The maximum Gasteiger partial charge on any atom is 0.244 e. The van der Waals surface area contributed by atoms with Crippen molar-refractivity contribution in [3.63, 3.8) is 0 Å². The summed E-state index contributed by atoms with van der Waals surface area (Å²) < 4.78 is 26.1. The Hall–Kier alpha value is -2.58. The number of hydrogen-bond acceptors (Lipinski definition) is 4. The van der Waals surface area contributed by atoms with Crippen LogP contribution in [0.5, 0.6) is 0 Å². The molecule has 9 heteroatoms. The molecule has 2 aromatic rings. The van der Waals surface area contributed by atoms with Gasteiger partial charge in [-0.25, -0.2) is 8.42 Å². The summed E-state index contributed by atoms with van der Waals surface area (Å²) in [6, 6.07) is 13.3. The van der Waals surface area contributed by atoms with Crippen molar-refractivity contribution in [2.24, 2.45) is 0 Å². The monoisotopic (exact) mass is 479 g/mol. The Morgan fingerprint density at radius 3 is 2.19 bits per heavy atom. The van der Waals surface area contributed by atoms with E-state index < -0.39 is 28.5 Å². The van der Waals surface area contributed by atoms with E-state index in [1.54, 1.807) is 43.3 Å². The second-order valence-electron chi connectivity index (χ2n) is 7.44. The van der Waals surface area contributed by atoms with Crippen LogP contribution in [0.2, 0.25) is 5.02 Å². The fourth-order valence-electron chi connectivity index (χ4n) is 3.41. The molecule has 0 heterocycles. The summed E-state index contributed by atoms with van der Waals surface area (Å²) in [4.78, 5) is 27.3. The van der Waals surface area contributed by atoms with E-state index in [0.29, 0.717) is 22.7 Å². The molecule has 0 unspecified atom stereocenters. The Kier molecular flexibility index (Phi) is 9.09. The Bertz CT molecular complexity index is 1040. The second-order valence-corrected chi connectivity index (χ2v) is 9.75. The van der Waals surface area contributed by atoms with Crippen LogP contribution in [0.25, 0.3) is 0 Å². The van der Waals surface area contributed by atoms with E-state index >= 15 is 0 Å². The molecule has 0 fully saturated rings. The molecule has 0 aliphatic rings. The van der Waals surface area contributed by atoms with E-state index in [2.05, 4.69) is 5.32 Å². The van der Waals surface area contributed by atoms with E-state index in [1.165, 1.54) is 11.9 Å². The van der Waals surface area contributed by atoms with Crippen LogP contribution in [-0.2, 0) is 32.6 Å². The Morgan fingerprint density at radius 1 is 1.06 bits per heavy atom. The molecule has 174 valence electrons. The van der Waals surface area contributed by atoms with Gasteiger partial charge in [0.15, 0.2) is 0 Å². The fourth-order valence-corrected chi connectivity index (χ4v) is 4.45. The van der Waals surface area contributed by atoms with Gasteiger partial charge in [-0.1, -0.05) is 55.8 Å². The molecular weight excluding hydrogens is 450 g/mol. The van der Waals surface area contributed by atoms with E-state index in [1.807, 2.05) is 19.1 Å². The number of nitrogens with zero attached hydrogens (tertiary/aromatic N) is 2. The van der Waals surface area contributed by atoms with Crippen LogP contribution in [0.4, 0.5) is 5.69 Å². The second kappa shape index (κ2) is 11.3. The third kappa shape index (κ3) is 6.46. The Morgan fingerprint density at radius 2 is 1.69 bits per heavy atom. The minimum absolute atomic E-state index is 0.0802. The van der Waals surface area contributed by atoms with E-state index in [4.69, 9.17) is 11.6 Å². The molecule has 32 heavy (non-hydrogen) atoms. The molecule has 0 aliphatic carbocycles. The number of aryl methyl sites for hydroxylation is 1. The lowest BCUT2D eigenvalue weighted by Gasteiger charge is -2.32. The zero-order chi connectivity index (χ0) is 23.9. The SMILES string of the molecule is CCc1ccc(N(CC(=O)N(Cc2ccccc2Cl)[C@@H](CC)C(=O)NC)S(C)(=O)=O)cc1. The third-order valence-electron chi connectivity index (χ3n) is 5.24. The first-order chi connectivity index (χ1) is 15.1. The summed E-state index contributed by atoms with van der Waals surface area (Å²) in [7, 11) is -2.24. The first-order valence-corrected chi connectivity index (χ1v) is 12.7. The summed E-state index contributed by atoms with van der Waals surface area (Å²) >= 11 is 6.29. The number of rotatable bonds is 10. The van der Waals surface area contributed by atoms with Gasteiger partial charge in [-0.15, -0.1) is 0 Å². The zero-order valence-corrected chi connectivity index (χ0v) is 20.4. The molecular formula is C23H30ClN3O4S. The van der Waals surface area contributed by atoms with Crippen LogP contribution in [0.3, 0.4) is 0 Å². The van der Waals surface area contributed by atoms with Gasteiger partial charge in [-0.3, -0.25) is 13.9 Å². The van der Waals surface area contributed by atoms with Gasteiger partial charge in [-0.2, -0.15) is 0 Å². The first kappa shape index (κ1) is 25.7. The lowest BCUT2D eigenvalue weighted by atomic mass is 10.1. The van der Waals surface area contributed by atoms with Gasteiger partial charge in [0.2, 0.25) is 21.8 Å². The average Bonchev–Trinajstić information content (AvgIpc) is 2.77. The standard InChI is InChI=1S/C23H30ClN3O4S/c1-5-17-11-13-19(14-12-17)27(32(4,30)31)16-22(28)26(21(6-2)23(29)25-3)15-18-9-7-8-10-20(18)24/h7-14,21H,5-6,15-16H2,1-4H3,(H,25,29)/t21-/m0/s1. The molecule has 0 saturated heterocycles. The number of benzene rings is 2. The van der Waals surface area contributed by atoms with Crippen molar-refractivity contribution in [3.8, 4) is 0 Å². The van der Waals surface area contributed by atoms with Crippen molar-refractivity contribution in [2.75, 3.05) is 24.2 Å². The highest BCUT2D eigenvalue weighted by Crippen LogP contribution is 2.22. The van der Waals surface area contributed by atoms with Gasteiger partial charge in [0.1, 0.15) is 12.6 Å². The number of amides is 2. The molecule has 0 bridgehead atoms. The number of carbonyl (C=O) groups is 2. The van der Waals surface area contributed by atoms with Crippen LogP contribution >= 0.6 is 11.6 Å². The van der Waals surface area contributed by atoms with E-state index in [9.17, 15) is 18.0 Å². The maximum absolute atomic E-state index is 13.4.